The molecule has 1 atom stereocenters. The first-order valence-electron chi connectivity index (χ1n) is 12.7. The second kappa shape index (κ2) is 10.2. The Morgan fingerprint density at radius 2 is 1.81 bits per heavy atom. The highest BCUT2D eigenvalue weighted by Gasteiger charge is 2.37. The van der Waals surface area contributed by atoms with Crippen LogP contribution in [-0.4, -0.2) is 86.3 Å². The van der Waals surface area contributed by atoms with E-state index in [9.17, 15) is 14.4 Å². The van der Waals surface area contributed by atoms with Gasteiger partial charge in [0.25, 0.3) is 5.91 Å². The summed E-state index contributed by atoms with van der Waals surface area (Å²) in [5.41, 5.74) is 10.5. The number of hydrogen-bond donors (Lipinski definition) is 2. The topological polar surface area (TPSA) is 102 Å². The fraction of sp³-hybridized carbons (Fsp3) is 0.444. The van der Waals surface area contributed by atoms with Crippen molar-refractivity contribution in [1.29, 1.82) is 0 Å². The van der Waals surface area contributed by atoms with Crippen molar-refractivity contribution in [3.8, 4) is 0 Å². The Hall–Kier alpha value is -3.59. The molecule has 3 heterocycles. The average molecular weight is 491 g/mol. The molecule has 3 aliphatic rings. The molecule has 190 valence electrons. The Kier molecular flexibility index (Phi) is 6.82. The number of benzene rings is 2. The molecule has 9 nitrogen and oxygen atoms in total. The summed E-state index contributed by atoms with van der Waals surface area (Å²) in [6.07, 6.45) is 1.33. The molecule has 2 aromatic carbocycles. The number of nitrogens with two attached hydrogens (primary N) is 1. The molecule has 2 fully saturated rings. The number of nitrogen functional groups attached to an aromatic ring is 1. The van der Waals surface area contributed by atoms with Gasteiger partial charge in [-0.25, -0.2) is 0 Å². The molecule has 2 amide bonds. The number of carbonyl (C=O) groups excluding carboxylic acids is 3. The van der Waals surface area contributed by atoms with Gasteiger partial charge in [0, 0.05) is 93.5 Å². The van der Waals surface area contributed by atoms with Crippen molar-refractivity contribution in [2.24, 2.45) is 0 Å². The Morgan fingerprint density at radius 3 is 2.47 bits per heavy atom. The van der Waals surface area contributed by atoms with Gasteiger partial charge >= 0.3 is 0 Å². The lowest BCUT2D eigenvalue weighted by Gasteiger charge is -2.49. The van der Waals surface area contributed by atoms with Crippen molar-refractivity contribution in [3.05, 3.63) is 53.6 Å². The summed E-state index contributed by atoms with van der Waals surface area (Å²) < 4.78 is 0. The largest absolute Gasteiger partial charge is 0.399 e. The lowest BCUT2D eigenvalue weighted by molar-refractivity contribution is -0.121. The van der Waals surface area contributed by atoms with Crippen LogP contribution in [0.4, 0.5) is 17.1 Å². The van der Waals surface area contributed by atoms with Gasteiger partial charge in [-0.3, -0.25) is 14.5 Å². The van der Waals surface area contributed by atoms with Crippen LogP contribution in [-0.2, 0) is 16.1 Å². The molecule has 3 aliphatic heterocycles. The minimum Gasteiger partial charge on any atom is -0.399 e. The van der Waals surface area contributed by atoms with E-state index in [2.05, 4.69) is 38.2 Å². The van der Waals surface area contributed by atoms with E-state index in [1.165, 1.54) is 5.69 Å². The Balaban J connectivity index is 1.19. The molecule has 1 unspecified atom stereocenters. The Labute approximate surface area is 211 Å². The van der Waals surface area contributed by atoms with Crippen molar-refractivity contribution in [3.63, 3.8) is 0 Å². The minimum absolute atomic E-state index is 0.128. The summed E-state index contributed by atoms with van der Waals surface area (Å²) in [5, 5.41) is 2.57. The van der Waals surface area contributed by atoms with Crippen LogP contribution >= 0.6 is 0 Å². The van der Waals surface area contributed by atoms with E-state index >= 15 is 0 Å². The first-order valence-corrected chi connectivity index (χ1v) is 12.7. The van der Waals surface area contributed by atoms with Gasteiger partial charge in [0.15, 0.2) is 0 Å². The summed E-state index contributed by atoms with van der Waals surface area (Å²) in [7, 11) is 1.57. The standard InChI is InChI=1S/C27H34N6O3/c1-29-26(35)10-9-21(18-34)33-17-24-23(27(33)36)3-2-4-25(24)31-13-11-30(12-14-31)22-15-32(16-22)20-7-5-19(28)6-8-20/h2-8,18,21-22H,9-17,28H2,1H3,(H,29,35). The van der Waals surface area contributed by atoms with Crippen molar-refractivity contribution in [2.45, 2.75) is 31.5 Å². The molecule has 0 spiro atoms. The number of nitrogens with zero attached hydrogens (tertiary/aromatic N) is 4. The number of aldehydes is 1. The van der Waals surface area contributed by atoms with Gasteiger partial charge in [-0.2, -0.15) is 0 Å². The summed E-state index contributed by atoms with van der Waals surface area (Å²) in [4.78, 5) is 45.5. The summed E-state index contributed by atoms with van der Waals surface area (Å²) in [5.74, 6) is -0.260. The van der Waals surface area contributed by atoms with Gasteiger partial charge in [0.05, 0.1) is 6.04 Å². The lowest BCUT2D eigenvalue weighted by atomic mass is 10.0. The Bertz CT molecular complexity index is 1120. The number of fused-ring (bicyclic) bond motifs is 1. The van der Waals surface area contributed by atoms with Crippen LogP contribution in [0.1, 0.15) is 28.8 Å². The zero-order valence-corrected chi connectivity index (χ0v) is 20.7. The van der Waals surface area contributed by atoms with E-state index < -0.39 is 6.04 Å². The number of anilines is 3. The first-order chi connectivity index (χ1) is 17.5. The van der Waals surface area contributed by atoms with Gasteiger partial charge in [-0.1, -0.05) is 6.07 Å². The normalized spacial score (nSPS) is 19.1. The SMILES string of the molecule is CNC(=O)CCC(C=O)N1Cc2c(cccc2N2CCN(C3CN(c4ccc(N)cc4)C3)CC2)C1=O. The van der Waals surface area contributed by atoms with Crippen LogP contribution in [0.5, 0.6) is 0 Å². The predicted molar refractivity (Wildman–Crippen MR) is 140 cm³/mol. The fourth-order valence-corrected chi connectivity index (χ4v) is 5.51. The zero-order chi connectivity index (χ0) is 25.2. The monoisotopic (exact) mass is 490 g/mol. The molecule has 3 N–H and O–H groups in total. The van der Waals surface area contributed by atoms with Gasteiger partial charge in [0.2, 0.25) is 5.91 Å². The van der Waals surface area contributed by atoms with E-state index in [0.717, 1.165) is 62.5 Å². The van der Waals surface area contributed by atoms with E-state index in [1.807, 2.05) is 24.3 Å². The van der Waals surface area contributed by atoms with E-state index in [1.54, 1.807) is 11.9 Å². The molecule has 0 radical (unpaired) electrons. The Morgan fingerprint density at radius 1 is 1.08 bits per heavy atom. The maximum atomic E-state index is 13.1. The van der Waals surface area contributed by atoms with Crippen molar-refractivity contribution in [1.82, 2.24) is 15.1 Å². The highest BCUT2D eigenvalue weighted by molar-refractivity contribution is 6.01. The third-order valence-corrected chi connectivity index (χ3v) is 7.77. The van der Waals surface area contributed by atoms with Gasteiger partial charge in [0.1, 0.15) is 6.29 Å². The zero-order valence-electron chi connectivity index (χ0n) is 20.7. The first kappa shape index (κ1) is 24.1. The molecule has 9 heteroatoms. The molecule has 36 heavy (non-hydrogen) atoms. The number of nitrogens with one attached hydrogen (secondary N) is 1. The number of carbonyl (C=O) groups is 3. The van der Waals surface area contributed by atoms with Gasteiger partial charge < -0.3 is 30.5 Å². The van der Waals surface area contributed by atoms with Crippen molar-refractivity contribution >= 4 is 35.2 Å². The molecule has 0 aliphatic carbocycles. The molecule has 2 aromatic rings. The van der Waals surface area contributed by atoms with Crippen LogP contribution < -0.4 is 20.9 Å². The minimum atomic E-state index is -0.602. The predicted octanol–water partition coefficient (Wildman–Crippen LogP) is 1.33. The average Bonchev–Trinajstić information content (AvgIpc) is 3.21. The molecule has 0 saturated carbocycles. The summed E-state index contributed by atoms with van der Waals surface area (Å²) in [6.45, 7) is 6.21. The maximum Gasteiger partial charge on any atom is 0.255 e. The number of piperazine rings is 1. The van der Waals surface area contributed by atoms with E-state index in [0.29, 0.717) is 24.6 Å². The lowest BCUT2D eigenvalue weighted by Crippen LogP contribution is -2.63. The van der Waals surface area contributed by atoms with Crippen molar-refractivity contribution in [2.75, 3.05) is 61.8 Å². The van der Waals surface area contributed by atoms with E-state index in [4.69, 9.17) is 5.73 Å². The maximum absolute atomic E-state index is 13.1. The van der Waals surface area contributed by atoms with Crippen LogP contribution in [0.25, 0.3) is 0 Å². The highest BCUT2D eigenvalue weighted by Crippen LogP contribution is 2.34. The number of amides is 2. The molecule has 2 saturated heterocycles. The van der Waals surface area contributed by atoms with E-state index in [-0.39, 0.29) is 18.2 Å². The molecular weight excluding hydrogens is 456 g/mol. The summed E-state index contributed by atoms with van der Waals surface area (Å²) >= 11 is 0. The van der Waals surface area contributed by atoms with Crippen LogP contribution in [0, 0.1) is 0 Å². The van der Waals surface area contributed by atoms with Gasteiger partial charge in [-0.15, -0.1) is 0 Å². The van der Waals surface area contributed by atoms with Gasteiger partial charge in [-0.05, 0) is 42.8 Å². The molecule has 0 aromatic heterocycles. The van der Waals surface area contributed by atoms with Crippen LogP contribution in [0.3, 0.4) is 0 Å². The number of rotatable bonds is 8. The van der Waals surface area contributed by atoms with Crippen molar-refractivity contribution < 1.29 is 14.4 Å². The third-order valence-electron chi connectivity index (χ3n) is 7.77. The highest BCUT2D eigenvalue weighted by atomic mass is 16.2. The van der Waals surface area contributed by atoms with Crippen LogP contribution in [0.15, 0.2) is 42.5 Å². The summed E-state index contributed by atoms with van der Waals surface area (Å²) in [6, 6.07) is 13.9. The molecule has 0 bridgehead atoms. The van der Waals surface area contributed by atoms with Crippen LogP contribution in [0.2, 0.25) is 0 Å². The molecular formula is C27H34N6O3. The second-order valence-corrected chi connectivity index (χ2v) is 9.82. The number of hydrogen-bond acceptors (Lipinski definition) is 7. The third kappa shape index (κ3) is 4.63. The smallest absolute Gasteiger partial charge is 0.255 e. The fourth-order valence-electron chi connectivity index (χ4n) is 5.51. The molecule has 5 rings (SSSR count). The second-order valence-electron chi connectivity index (χ2n) is 9.82. The quantitative estimate of drug-likeness (QED) is 0.425.